The van der Waals surface area contributed by atoms with E-state index in [1.807, 2.05) is 42.6 Å². The molecule has 0 aliphatic heterocycles. The Kier molecular flexibility index (Phi) is 5.88. The largest absolute Gasteiger partial charge is 0.382 e. The van der Waals surface area contributed by atoms with Crippen LogP contribution in [0.3, 0.4) is 0 Å². The highest BCUT2D eigenvalue weighted by atomic mass is 35.5. The maximum atomic E-state index is 11.4. The standard InChI is InChI=1S/C20H20ClN5O/c21-16-12-18(19(22)26(13-16)20(23)27)24-9-4-5-14-8-10-25-17(11-14)15-6-2-1-3-7-15/h1-3,6-8,10-13,22,24H,4-5,9H2,(H2,23,27). The predicted molar refractivity (Wildman–Crippen MR) is 107 cm³/mol. The van der Waals surface area contributed by atoms with Gasteiger partial charge in [0.2, 0.25) is 0 Å². The molecule has 27 heavy (non-hydrogen) atoms. The molecule has 0 unspecified atom stereocenters. The molecule has 6 nitrogen and oxygen atoms in total. The molecule has 3 aromatic rings. The zero-order chi connectivity index (χ0) is 19.2. The predicted octanol–water partition coefficient (Wildman–Crippen LogP) is 3.65. The number of rotatable bonds is 6. The van der Waals surface area contributed by atoms with Gasteiger partial charge < -0.3 is 11.1 Å². The number of pyridine rings is 2. The highest BCUT2D eigenvalue weighted by Gasteiger charge is 2.07. The van der Waals surface area contributed by atoms with Crippen molar-refractivity contribution in [2.24, 2.45) is 5.73 Å². The van der Waals surface area contributed by atoms with Crippen molar-refractivity contribution in [2.45, 2.75) is 12.8 Å². The summed E-state index contributed by atoms with van der Waals surface area (Å²) < 4.78 is 1.01. The number of nitrogens with one attached hydrogen (secondary N) is 2. The number of benzene rings is 1. The molecular formula is C20H20ClN5O. The van der Waals surface area contributed by atoms with Crippen LogP contribution in [0.4, 0.5) is 10.5 Å². The second-order valence-electron chi connectivity index (χ2n) is 6.07. The third-order valence-electron chi connectivity index (χ3n) is 4.12. The number of aryl methyl sites for hydroxylation is 1. The van der Waals surface area contributed by atoms with Crippen molar-refractivity contribution in [3.8, 4) is 11.3 Å². The first kappa shape index (κ1) is 18.7. The molecule has 0 radical (unpaired) electrons. The Hall–Kier alpha value is -3.12. The Morgan fingerprint density at radius 3 is 2.74 bits per heavy atom. The fraction of sp³-hybridized carbons (Fsp3) is 0.150. The summed E-state index contributed by atoms with van der Waals surface area (Å²) in [6.07, 6.45) is 4.86. The van der Waals surface area contributed by atoms with Gasteiger partial charge >= 0.3 is 6.03 Å². The van der Waals surface area contributed by atoms with Gasteiger partial charge in [-0.25, -0.2) is 4.79 Å². The molecule has 138 valence electrons. The zero-order valence-corrected chi connectivity index (χ0v) is 15.4. The Morgan fingerprint density at radius 2 is 2.00 bits per heavy atom. The van der Waals surface area contributed by atoms with E-state index in [0.29, 0.717) is 17.3 Å². The fourth-order valence-corrected chi connectivity index (χ4v) is 2.99. The number of amides is 1. The van der Waals surface area contributed by atoms with E-state index < -0.39 is 6.03 Å². The third kappa shape index (κ3) is 4.74. The number of carbonyl (C=O) groups is 1. The average Bonchev–Trinajstić information content (AvgIpc) is 2.68. The van der Waals surface area contributed by atoms with Crippen LogP contribution in [0.2, 0.25) is 5.02 Å². The molecule has 0 atom stereocenters. The molecule has 1 aromatic carbocycles. The number of carbonyl (C=O) groups excluding carboxylic acids is 1. The van der Waals surface area contributed by atoms with E-state index in [1.165, 1.54) is 11.8 Å². The van der Waals surface area contributed by atoms with Crippen LogP contribution < -0.4 is 16.5 Å². The smallest absolute Gasteiger partial charge is 0.324 e. The van der Waals surface area contributed by atoms with Crippen LogP contribution in [0.25, 0.3) is 11.3 Å². The lowest BCUT2D eigenvalue weighted by molar-refractivity contribution is 0.249. The molecule has 0 bridgehead atoms. The minimum atomic E-state index is -0.740. The number of anilines is 1. The maximum Gasteiger partial charge on any atom is 0.324 e. The quantitative estimate of drug-likeness (QED) is 0.568. The van der Waals surface area contributed by atoms with Crippen LogP contribution >= 0.6 is 11.6 Å². The molecule has 0 saturated carbocycles. The second-order valence-corrected chi connectivity index (χ2v) is 6.51. The van der Waals surface area contributed by atoms with Crippen molar-refractivity contribution in [1.29, 1.82) is 5.41 Å². The summed E-state index contributed by atoms with van der Waals surface area (Å²) in [5.41, 5.74) is 8.95. The topological polar surface area (TPSA) is 96.8 Å². The first-order chi connectivity index (χ1) is 13.0. The number of hydrogen-bond donors (Lipinski definition) is 3. The number of halogens is 1. The molecule has 0 aliphatic rings. The normalized spacial score (nSPS) is 10.6. The van der Waals surface area contributed by atoms with Gasteiger partial charge in [0.1, 0.15) is 0 Å². The SMILES string of the molecule is N=c1c(NCCCc2ccnc(-c3ccccc3)c2)cc(Cl)cn1C(N)=O. The van der Waals surface area contributed by atoms with Crippen LogP contribution in [-0.2, 0) is 6.42 Å². The molecule has 1 amide bonds. The summed E-state index contributed by atoms with van der Waals surface area (Å²) in [5.74, 6) is 0. The van der Waals surface area contributed by atoms with E-state index in [9.17, 15) is 4.79 Å². The van der Waals surface area contributed by atoms with Crippen LogP contribution in [0.15, 0.2) is 60.9 Å². The molecule has 0 fully saturated rings. The van der Waals surface area contributed by atoms with Crippen molar-refractivity contribution < 1.29 is 4.79 Å². The van der Waals surface area contributed by atoms with Crippen molar-refractivity contribution in [2.75, 3.05) is 11.9 Å². The molecule has 7 heteroatoms. The monoisotopic (exact) mass is 381 g/mol. The average molecular weight is 382 g/mol. The molecule has 0 saturated heterocycles. The van der Waals surface area contributed by atoms with Crippen molar-refractivity contribution in [3.05, 3.63) is 77.0 Å². The van der Waals surface area contributed by atoms with E-state index in [0.717, 1.165) is 28.7 Å². The van der Waals surface area contributed by atoms with Gasteiger partial charge in [0, 0.05) is 24.5 Å². The van der Waals surface area contributed by atoms with Crippen LogP contribution in [0.5, 0.6) is 0 Å². The van der Waals surface area contributed by atoms with Gasteiger partial charge in [-0.2, -0.15) is 0 Å². The van der Waals surface area contributed by atoms with Gasteiger partial charge in [-0.1, -0.05) is 41.9 Å². The summed E-state index contributed by atoms with van der Waals surface area (Å²) in [5, 5.41) is 11.5. The Morgan fingerprint density at radius 1 is 1.22 bits per heavy atom. The minimum absolute atomic E-state index is 0.0119. The van der Waals surface area contributed by atoms with Crippen LogP contribution in [-0.4, -0.2) is 22.1 Å². The maximum absolute atomic E-state index is 11.4. The number of primary amides is 1. The molecule has 2 aromatic heterocycles. The Labute approximate surface area is 162 Å². The van der Waals surface area contributed by atoms with E-state index in [-0.39, 0.29) is 5.49 Å². The summed E-state index contributed by atoms with van der Waals surface area (Å²) >= 11 is 5.99. The Balaban J connectivity index is 1.62. The summed E-state index contributed by atoms with van der Waals surface area (Å²) in [6.45, 7) is 0.633. The number of aromatic nitrogens is 2. The number of nitrogens with two attached hydrogens (primary N) is 1. The molecular weight excluding hydrogens is 362 g/mol. The van der Waals surface area contributed by atoms with Crippen molar-refractivity contribution in [3.63, 3.8) is 0 Å². The van der Waals surface area contributed by atoms with Gasteiger partial charge in [0.15, 0.2) is 5.49 Å². The number of hydrogen-bond acceptors (Lipinski definition) is 4. The molecule has 4 N–H and O–H groups in total. The van der Waals surface area contributed by atoms with Crippen LogP contribution in [0.1, 0.15) is 12.0 Å². The molecule has 3 rings (SSSR count). The molecule has 0 spiro atoms. The molecule has 0 aliphatic carbocycles. The highest BCUT2D eigenvalue weighted by molar-refractivity contribution is 6.30. The van der Waals surface area contributed by atoms with Crippen LogP contribution in [0, 0.1) is 5.41 Å². The van der Waals surface area contributed by atoms with E-state index in [1.54, 1.807) is 6.07 Å². The van der Waals surface area contributed by atoms with E-state index in [4.69, 9.17) is 22.7 Å². The van der Waals surface area contributed by atoms with E-state index in [2.05, 4.69) is 16.4 Å². The summed E-state index contributed by atoms with van der Waals surface area (Å²) in [6, 6.07) is 15.0. The van der Waals surface area contributed by atoms with Crippen molar-refractivity contribution >= 4 is 23.3 Å². The lowest BCUT2D eigenvalue weighted by Gasteiger charge is -2.10. The van der Waals surface area contributed by atoms with Gasteiger partial charge in [-0.15, -0.1) is 0 Å². The van der Waals surface area contributed by atoms with Gasteiger partial charge in [-0.3, -0.25) is 15.0 Å². The first-order valence-corrected chi connectivity index (χ1v) is 8.93. The third-order valence-corrected chi connectivity index (χ3v) is 4.33. The second kappa shape index (κ2) is 8.51. The Bertz CT molecular complexity index is 1000. The summed E-state index contributed by atoms with van der Waals surface area (Å²) in [7, 11) is 0. The first-order valence-electron chi connectivity index (χ1n) is 8.55. The van der Waals surface area contributed by atoms with E-state index >= 15 is 0 Å². The fourth-order valence-electron chi connectivity index (χ4n) is 2.78. The lowest BCUT2D eigenvalue weighted by Crippen LogP contribution is -2.33. The lowest BCUT2D eigenvalue weighted by atomic mass is 10.1. The minimum Gasteiger partial charge on any atom is -0.382 e. The highest BCUT2D eigenvalue weighted by Crippen LogP contribution is 2.18. The van der Waals surface area contributed by atoms with Gasteiger partial charge in [-0.05, 0) is 36.6 Å². The van der Waals surface area contributed by atoms with Crippen molar-refractivity contribution in [1.82, 2.24) is 9.55 Å². The van der Waals surface area contributed by atoms with Gasteiger partial charge in [0.05, 0.1) is 16.4 Å². The molecule has 2 heterocycles. The summed E-state index contributed by atoms with van der Waals surface area (Å²) in [4.78, 5) is 15.8. The van der Waals surface area contributed by atoms with Gasteiger partial charge in [0.25, 0.3) is 0 Å². The number of nitrogens with zero attached hydrogens (tertiary/aromatic N) is 2. The zero-order valence-electron chi connectivity index (χ0n) is 14.7.